The predicted octanol–water partition coefficient (Wildman–Crippen LogP) is 1.92. The van der Waals surface area contributed by atoms with Gasteiger partial charge in [0.15, 0.2) is 0 Å². The molecule has 2 heteroatoms. The van der Waals surface area contributed by atoms with E-state index in [4.69, 9.17) is 16.0 Å². The van der Waals surface area contributed by atoms with E-state index in [0.717, 1.165) is 0 Å². The first-order valence-corrected chi connectivity index (χ1v) is 4.31. The Morgan fingerprint density at radius 1 is 1.79 bits per heavy atom. The summed E-state index contributed by atoms with van der Waals surface area (Å²) in [5.74, 6) is 0.339. The zero-order chi connectivity index (χ0) is 13.9. The molecule has 0 aliphatic heterocycles. The summed E-state index contributed by atoms with van der Waals surface area (Å²) < 4.78 is 35.9. The lowest BCUT2D eigenvalue weighted by molar-refractivity contribution is 0.410. The molecule has 0 heterocycles. The molecule has 76 valence electrons. The van der Waals surface area contributed by atoms with E-state index in [2.05, 4.69) is 6.58 Å². The monoisotopic (exact) mass is 195 g/mol. The molecule has 1 aromatic carbocycles. The van der Waals surface area contributed by atoms with Crippen molar-refractivity contribution in [1.29, 1.82) is 0 Å². The van der Waals surface area contributed by atoms with E-state index in [1.807, 2.05) is 0 Å². The van der Waals surface area contributed by atoms with Crippen LogP contribution >= 0.6 is 0 Å². The molecule has 14 heavy (non-hydrogen) atoms. The molecule has 2 N–H and O–H groups in total. The highest BCUT2D eigenvalue weighted by Crippen LogP contribution is 2.21. The Morgan fingerprint density at radius 3 is 3.14 bits per heavy atom. The van der Waals surface area contributed by atoms with Crippen LogP contribution in [0.4, 0.5) is 0 Å². The van der Waals surface area contributed by atoms with Crippen molar-refractivity contribution in [1.82, 2.24) is 0 Å². The Kier molecular flexibility index (Phi) is 2.43. The van der Waals surface area contributed by atoms with Gasteiger partial charge in [-0.05, 0) is 36.5 Å². The normalized spacial score (nSPS) is 17.3. The molecule has 0 saturated carbocycles. The topological polar surface area (TPSA) is 35.2 Å². The summed E-state index contributed by atoms with van der Waals surface area (Å²) in [6.45, 7) is 2.64. The Labute approximate surface area is 91.0 Å². The second kappa shape index (κ2) is 5.45. The summed E-state index contributed by atoms with van der Waals surface area (Å²) in [5, 5.41) is 0. The Hall–Kier alpha value is -1.28. The molecule has 0 bridgehead atoms. The molecule has 0 saturated heterocycles. The number of aryl methyl sites for hydroxylation is 1. The van der Waals surface area contributed by atoms with Gasteiger partial charge in [0.25, 0.3) is 0 Å². The number of benzene rings is 1. The van der Waals surface area contributed by atoms with Crippen molar-refractivity contribution in [2.75, 3.05) is 13.6 Å². The third kappa shape index (κ3) is 2.60. The number of hydrogen-bond donors (Lipinski definition) is 1. The minimum Gasteiger partial charge on any atom is -0.496 e. The molecule has 0 radical (unpaired) electrons. The van der Waals surface area contributed by atoms with Crippen LogP contribution in [0.2, 0.25) is 0 Å². The standard InChI is InChI=1S/C12H17NO/c1-3-4-11-6-5-10(7-8-13)9-12(11)14-2/h3,5-6,9H,1,4,7-8,13H2,2H3/i4D2,5D,8D. The van der Waals surface area contributed by atoms with Gasteiger partial charge in [0.05, 0.1) is 8.48 Å². The van der Waals surface area contributed by atoms with Gasteiger partial charge in [-0.2, -0.15) is 0 Å². The fraction of sp³-hybridized carbons (Fsp3) is 0.333. The van der Waals surface area contributed by atoms with Crippen LogP contribution in [0.3, 0.4) is 0 Å². The lowest BCUT2D eigenvalue weighted by Crippen LogP contribution is -2.03. The Balaban J connectivity index is 3.31. The van der Waals surface area contributed by atoms with E-state index in [1.165, 1.54) is 19.3 Å². The van der Waals surface area contributed by atoms with Crippen molar-refractivity contribution in [3.8, 4) is 5.75 Å². The minimum atomic E-state index is -1.76. The average molecular weight is 195 g/mol. The summed E-state index contributed by atoms with van der Waals surface area (Å²) in [5.41, 5.74) is 6.21. The molecule has 0 aliphatic rings. The van der Waals surface area contributed by atoms with Gasteiger partial charge in [-0.15, -0.1) is 6.58 Å². The van der Waals surface area contributed by atoms with Crippen LogP contribution in [0, 0.1) is 0 Å². The first kappa shape index (κ1) is 6.25. The first-order chi connectivity index (χ1) is 8.31. The maximum Gasteiger partial charge on any atom is 0.122 e. The smallest absolute Gasteiger partial charge is 0.122 e. The van der Waals surface area contributed by atoms with Crippen LogP contribution in [-0.2, 0) is 12.8 Å². The van der Waals surface area contributed by atoms with Gasteiger partial charge in [0, 0.05) is 4.11 Å². The van der Waals surface area contributed by atoms with Crippen molar-refractivity contribution in [2.45, 2.75) is 12.8 Å². The van der Waals surface area contributed by atoms with Gasteiger partial charge >= 0.3 is 0 Å². The van der Waals surface area contributed by atoms with E-state index in [-0.39, 0.29) is 18.0 Å². The molecule has 1 aromatic rings. The van der Waals surface area contributed by atoms with Crippen molar-refractivity contribution < 1.29 is 10.2 Å². The fourth-order valence-corrected chi connectivity index (χ4v) is 1.15. The highest BCUT2D eigenvalue weighted by molar-refractivity contribution is 5.38. The van der Waals surface area contributed by atoms with Crippen LogP contribution in [-0.4, -0.2) is 13.6 Å². The number of ether oxygens (including phenoxy) is 1. The highest BCUT2D eigenvalue weighted by atomic mass is 16.5. The molecule has 0 amide bonds. The van der Waals surface area contributed by atoms with E-state index in [1.54, 1.807) is 6.07 Å². The maximum absolute atomic E-state index is 7.84. The summed E-state index contributed by atoms with van der Waals surface area (Å²) in [4.78, 5) is 0. The molecule has 2 nitrogen and oxygen atoms in total. The average Bonchev–Trinajstić information content (AvgIpc) is 2.30. The lowest BCUT2D eigenvalue weighted by Gasteiger charge is -2.08. The van der Waals surface area contributed by atoms with E-state index < -0.39 is 12.9 Å². The predicted molar refractivity (Wildman–Crippen MR) is 59.7 cm³/mol. The fourth-order valence-electron chi connectivity index (χ4n) is 1.15. The quantitative estimate of drug-likeness (QED) is 0.729. The van der Waals surface area contributed by atoms with Crippen molar-refractivity contribution in [2.24, 2.45) is 5.73 Å². The third-order valence-electron chi connectivity index (χ3n) is 1.79. The molecule has 1 unspecified atom stereocenters. The molecule has 1 atom stereocenters. The van der Waals surface area contributed by atoms with Crippen LogP contribution in [0.15, 0.2) is 30.8 Å². The van der Waals surface area contributed by atoms with Crippen molar-refractivity contribution in [3.05, 3.63) is 42.0 Å². The van der Waals surface area contributed by atoms with Crippen molar-refractivity contribution >= 4 is 0 Å². The molecule has 0 aromatic heterocycles. The molecule has 0 spiro atoms. The second-order valence-corrected chi connectivity index (χ2v) is 2.73. The second-order valence-electron chi connectivity index (χ2n) is 2.73. The minimum absolute atomic E-state index is 0.152. The number of methoxy groups -OCH3 is 1. The summed E-state index contributed by atoms with van der Waals surface area (Å²) in [6, 6.07) is 3.12. The van der Waals surface area contributed by atoms with Crippen LogP contribution in [0.1, 0.15) is 16.6 Å². The van der Waals surface area contributed by atoms with E-state index in [0.29, 0.717) is 11.3 Å². The van der Waals surface area contributed by atoms with Gasteiger partial charge in [-0.1, -0.05) is 18.2 Å². The summed E-state index contributed by atoms with van der Waals surface area (Å²) >= 11 is 0. The van der Waals surface area contributed by atoms with Gasteiger partial charge < -0.3 is 10.5 Å². The Bertz CT molecular complexity index is 446. The van der Waals surface area contributed by atoms with Gasteiger partial charge in [-0.3, -0.25) is 0 Å². The molecule has 0 fully saturated rings. The molecule has 0 aliphatic carbocycles. The molecule has 1 rings (SSSR count). The lowest BCUT2D eigenvalue weighted by atomic mass is 10.1. The van der Waals surface area contributed by atoms with Gasteiger partial charge in [-0.25, -0.2) is 0 Å². The van der Waals surface area contributed by atoms with E-state index in [9.17, 15) is 0 Å². The van der Waals surface area contributed by atoms with Gasteiger partial charge in [0.2, 0.25) is 0 Å². The highest BCUT2D eigenvalue weighted by Gasteiger charge is 2.02. The number of hydrogen-bond acceptors (Lipinski definition) is 2. The molecular weight excluding hydrogens is 174 g/mol. The first-order valence-electron chi connectivity index (χ1n) is 6.39. The van der Waals surface area contributed by atoms with Crippen LogP contribution in [0.25, 0.3) is 0 Å². The van der Waals surface area contributed by atoms with Crippen LogP contribution < -0.4 is 10.5 Å². The number of rotatable bonds is 5. The van der Waals surface area contributed by atoms with Gasteiger partial charge in [0.1, 0.15) is 5.75 Å². The third-order valence-corrected chi connectivity index (χ3v) is 1.79. The SMILES string of the molecule is [2H]c1cc(C([2H])([2H])C=C)c(OC)cc1CC([2H])N. The zero-order valence-corrected chi connectivity index (χ0v) is 8.21. The van der Waals surface area contributed by atoms with Crippen LogP contribution in [0.5, 0.6) is 5.75 Å². The summed E-state index contributed by atoms with van der Waals surface area (Å²) in [7, 11) is 1.44. The number of allylic oxidation sites excluding steroid dienone is 1. The Morgan fingerprint density at radius 2 is 2.57 bits per heavy atom. The molecular formula is C12H17NO. The summed E-state index contributed by atoms with van der Waals surface area (Å²) in [6.07, 6.45) is -0.366. The number of nitrogens with two attached hydrogens (primary N) is 1. The van der Waals surface area contributed by atoms with E-state index >= 15 is 0 Å². The maximum atomic E-state index is 7.84. The van der Waals surface area contributed by atoms with Crippen molar-refractivity contribution in [3.63, 3.8) is 0 Å². The zero-order valence-electron chi connectivity index (χ0n) is 12.2. The largest absolute Gasteiger partial charge is 0.496 e.